The third-order valence-electron chi connectivity index (χ3n) is 2.45. The molecular formula is C12H12N4O2S2. The molecule has 0 aliphatic heterocycles. The molecule has 1 aromatic carbocycles. The van der Waals surface area contributed by atoms with Gasteiger partial charge in [-0.05, 0) is 24.1 Å². The number of aryl methyl sites for hydroxylation is 1. The summed E-state index contributed by atoms with van der Waals surface area (Å²) in [5.74, 6) is -0.167. The molecule has 1 heterocycles. The Hall–Kier alpha value is -1.98. The fraction of sp³-hybridized carbons (Fsp3) is 0.250. The standard InChI is InChI=1S/C12H12N4O2S2/c1-2-11-14-15-12(19-11)16-20(17,18)8-10-5-3-9(7-13)4-6-10/h3-6H,2,8H2,1H3,(H,15,16). The maximum Gasteiger partial charge on any atom is 0.238 e. The Kier molecular flexibility index (Phi) is 4.32. The van der Waals surface area contributed by atoms with Crippen LogP contribution in [0.25, 0.3) is 0 Å². The largest absolute Gasteiger partial charge is 0.257 e. The zero-order valence-electron chi connectivity index (χ0n) is 10.7. The molecule has 0 saturated heterocycles. The first kappa shape index (κ1) is 14.4. The van der Waals surface area contributed by atoms with Gasteiger partial charge in [0.05, 0.1) is 17.4 Å². The van der Waals surface area contributed by atoms with Crippen LogP contribution in [0.15, 0.2) is 24.3 Å². The Morgan fingerprint density at radius 3 is 2.55 bits per heavy atom. The van der Waals surface area contributed by atoms with Crippen LogP contribution in [0.5, 0.6) is 0 Å². The zero-order chi connectivity index (χ0) is 14.6. The third kappa shape index (κ3) is 3.76. The van der Waals surface area contributed by atoms with Crippen molar-refractivity contribution in [1.82, 2.24) is 10.2 Å². The van der Waals surface area contributed by atoms with E-state index in [0.29, 0.717) is 11.1 Å². The maximum atomic E-state index is 12.0. The molecule has 0 radical (unpaired) electrons. The number of nitrogens with zero attached hydrogens (tertiary/aromatic N) is 3. The number of hydrogen-bond acceptors (Lipinski definition) is 6. The van der Waals surface area contributed by atoms with Gasteiger partial charge < -0.3 is 0 Å². The van der Waals surface area contributed by atoms with E-state index in [1.165, 1.54) is 11.3 Å². The first-order chi connectivity index (χ1) is 9.52. The van der Waals surface area contributed by atoms with Crippen molar-refractivity contribution in [3.05, 3.63) is 40.4 Å². The Labute approximate surface area is 121 Å². The molecule has 0 atom stereocenters. The van der Waals surface area contributed by atoms with Crippen LogP contribution in [0, 0.1) is 11.3 Å². The fourth-order valence-electron chi connectivity index (χ4n) is 1.50. The lowest BCUT2D eigenvalue weighted by Crippen LogP contribution is -2.14. The van der Waals surface area contributed by atoms with E-state index in [0.717, 1.165) is 11.4 Å². The molecule has 8 heteroatoms. The summed E-state index contributed by atoms with van der Waals surface area (Å²) in [7, 11) is -3.53. The van der Waals surface area contributed by atoms with Gasteiger partial charge in [0, 0.05) is 0 Å². The molecule has 6 nitrogen and oxygen atoms in total. The summed E-state index contributed by atoms with van der Waals surface area (Å²) in [6.45, 7) is 1.93. The van der Waals surface area contributed by atoms with Crippen molar-refractivity contribution in [3.63, 3.8) is 0 Å². The van der Waals surface area contributed by atoms with Gasteiger partial charge in [0.2, 0.25) is 15.2 Å². The zero-order valence-corrected chi connectivity index (χ0v) is 12.3. The first-order valence-electron chi connectivity index (χ1n) is 5.84. The van der Waals surface area contributed by atoms with Gasteiger partial charge in [-0.3, -0.25) is 4.72 Å². The van der Waals surface area contributed by atoms with E-state index >= 15 is 0 Å². The molecule has 0 unspecified atom stereocenters. The van der Waals surface area contributed by atoms with Crippen LogP contribution in [0.4, 0.5) is 5.13 Å². The van der Waals surface area contributed by atoms with Gasteiger partial charge >= 0.3 is 0 Å². The minimum absolute atomic E-state index is 0.167. The quantitative estimate of drug-likeness (QED) is 0.910. The molecule has 2 aromatic rings. The average Bonchev–Trinajstić information content (AvgIpc) is 2.86. The van der Waals surface area contributed by atoms with E-state index in [2.05, 4.69) is 14.9 Å². The van der Waals surface area contributed by atoms with Gasteiger partial charge in [-0.25, -0.2) is 8.42 Å². The molecule has 0 spiro atoms. The highest BCUT2D eigenvalue weighted by molar-refractivity contribution is 7.92. The van der Waals surface area contributed by atoms with E-state index in [-0.39, 0.29) is 10.9 Å². The van der Waals surface area contributed by atoms with Crippen molar-refractivity contribution < 1.29 is 8.42 Å². The van der Waals surface area contributed by atoms with Crippen molar-refractivity contribution in [3.8, 4) is 6.07 Å². The number of rotatable bonds is 5. The Bertz CT molecular complexity index is 730. The van der Waals surface area contributed by atoms with Crippen molar-refractivity contribution in [2.24, 2.45) is 0 Å². The van der Waals surface area contributed by atoms with E-state index in [9.17, 15) is 8.42 Å². The predicted octanol–water partition coefficient (Wildman–Crippen LogP) is 1.91. The van der Waals surface area contributed by atoms with Gasteiger partial charge in [-0.15, -0.1) is 10.2 Å². The second kappa shape index (κ2) is 5.98. The van der Waals surface area contributed by atoms with Crippen LogP contribution in [0.1, 0.15) is 23.1 Å². The second-order valence-corrected chi connectivity index (χ2v) is 6.81. The van der Waals surface area contributed by atoms with Crippen molar-refractivity contribution in [2.75, 3.05) is 4.72 Å². The minimum atomic E-state index is -3.53. The van der Waals surface area contributed by atoms with Crippen molar-refractivity contribution in [1.29, 1.82) is 5.26 Å². The summed E-state index contributed by atoms with van der Waals surface area (Å²) in [6, 6.07) is 8.40. The number of anilines is 1. The lowest BCUT2D eigenvalue weighted by molar-refractivity contribution is 0.600. The molecule has 0 saturated carbocycles. The van der Waals surface area contributed by atoms with Gasteiger partial charge in [0.15, 0.2) is 0 Å². The molecule has 2 rings (SSSR count). The molecule has 104 valence electrons. The van der Waals surface area contributed by atoms with Gasteiger partial charge in [-0.2, -0.15) is 5.26 Å². The lowest BCUT2D eigenvalue weighted by Gasteiger charge is -2.04. The molecule has 0 aliphatic rings. The Morgan fingerprint density at radius 1 is 1.30 bits per heavy atom. The first-order valence-corrected chi connectivity index (χ1v) is 8.31. The summed E-state index contributed by atoms with van der Waals surface area (Å²) in [5.41, 5.74) is 1.10. The number of aromatic nitrogens is 2. The molecule has 1 N–H and O–H groups in total. The summed E-state index contributed by atoms with van der Waals surface area (Å²) in [6.07, 6.45) is 0.717. The lowest BCUT2D eigenvalue weighted by atomic mass is 10.2. The number of hydrogen-bond donors (Lipinski definition) is 1. The third-order valence-corrected chi connectivity index (χ3v) is 4.78. The number of nitriles is 1. The average molecular weight is 308 g/mol. The van der Waals surface area contributed by atoms with Crippen LogP contribution in [0.3, 0.4) is 0 Å². The topological polar surface area (TPSA) is 95.7 Å². The highest BCUT2D eigenvalue weighted by atomic mass is 32.2. The molecule has 20 heavy (non-hydrogen) atoms. The van der Waals surface area contributed by atoms with Gasteiger partial charge in [0.25, 0.3) is 0 Å². The van der Waals surface area contributed by atoms with Gasteiger partial charge in [-0.1, -0.05) is 30.4 Å². The normalized spacial score (nSPS) is 11.0. The molecule has 1 aromatic heterocycles. The van der Waals surface area contributed by atoms with Crippen molar-refractivity contribution in [2.45, 2.75) is 19.1 Å². The summed E-state index contributed by atoms with van der Waals surface area (Å²) < 4.78 is 26.4. The molecule has 0 aliphatic carbocycles. The van der Waals surface area contributed by atoms with Crippen molar-refractivity contribution >= 4 is 26.5 Å². The molecule has 0 fully saturated rings. The smallest absolute Gasteiger partial charge is 0.238 e. The summed E-state index contributed by atoms with van der Waals surface area (Å²) in [5, 5.41) is 17.4. The summed E-state index contributed by atoms with van der Waals surface area (Å²) in [4.78, 5) is 0. The monoisotopic (exact) mass is 308 g/mol. The van der Waals surface area contributed by atoms with Crippen LogP contribution in [0.2, 0.25) is 0 Å². The number of benzene rings is 1. The molecule has 0 amide bonds. The fourth-order valence-corrected chi connectivity index (χ4v) is 3.59. The number of sulfonamides is 1. The minimum Gasteiger partial charge on any atom is -0.257 e. The summed E-state index contributed by atoms with van der Waals surface area (Å²) >= 11 is 1.22. The van der Waals surface area contributed by atoms with Crippen LogP contribution < -0.4 is 4.72 Å². The number of nitrogens with one attached hydrogen (secondary N) is 1. The highest BCUT2D eigenvalue weighted by Gasteiger charge is 2.14. The highest BCUT2D eigenvalue weighted by Crippen LogP contribution is 2.18. The second-order valence-electron chi connectivity index (χ2n) is 4.02. The SMILES string of the molecule is CCc1nnc(NS(=O)(=O)Cc2ccc(C#N)cc2)s1. The molecule has 0 bridgehead atoms. The Balaban J connectivity index is 2.08. The van der Waals surface area contributed by atoms with E-state index in [1.807, 2.05) is 13.0 Å². The van der Waals surface area contributed by atoms with E-state index in [1.54, 1.807) is 24.3 Å². The van der Waals surface area contributed by atoms with Gasteiger partial charge in [0.1, 0.15) is 5.01 Å². The van der Waals surface area contributed by atoms with Crippen LogP contribution >= 0.6 is 11.3 Å². The van der Waals surface area contributed by atoms with E-state index < -0.39 is 10.0 Å². The van der Waals surface area contributed by atoms with Crippen LogP contribution in [-0.4, -0.2) is 18.6 Å². The maximum absolute atomic E-state index is 12.0. The predicted molar refractivity (Wildman–Crippen MR) is 76.7 cm³/mol. The van der Waals surface area contributed by atoms with Crippen LogP contribution in [-0.2, 0) is 22.2 Å². The van der Waals surface area contributed by atoms with E-state index in [4.69, 9.17) is 5.26 Å². The molecular weight excluding hydrogens is 296 g/mol. The Morgan fingerprint density at radius 2 is 2.00 bits per heavy atom.